The van der Waals surface area contributed by atoms with Gasteiger partial charge < -0.3 is 10.6 Å². The van der Waals surface area contributed by atoms with Crippen molar-refractivity contribution in [1.82, 2.24) is 14.8 Å². The molecule has 0 saturated heterocycles. The van der Waals surface area contributed by atoms with E-state index >= 15 is 0 Å². The van der Waals surface area contributed by atoms with E-state index in [0.29, 0.717) is 11.4 Å². The molecule has 0 saturated carbocycles. The molecule has 0 aromatic carbocycles. The van der Waals surface area contributed by atoms with E-state index in [2.05, 4.69) is 27.6 Å². The van der Waals surface area contributed by atoms with Crippen LogP contribution in [-0.2, 0) is 13.5 Å². The number of hydrogen-bond donors (Lipinski definition) is 2. The number of carbonyl (C=O) groups is 1. The first-order chi connectivity index (χ1) is 10.2. The minimum absolute atomic E-state index is 0.176. The van der Waals surface area contributed by atoms with Gasteiger partial charge in [-0.2, -0.15) is 5.10 Å². The average molecular weight is 287 g/mol. The normalized spacial score (nSPS) is 10.4. The van der Waals surface area contributed by atoms with Gasteiger partial charge in [0, 0.05) is 26.0 Å². The van der Waals surface area contributed by atoms with E-state index in [1.165, 1.54) is 0 Å². The molecule has 0 aliphatic rings. The fourth-order valence-corrected chi connectivity index (χ4v) is 2.06. The van der Waals surface area contributed by atoms with Crippen molar-refractivity contribution in [2.24, 2.45) is 7.05 Å². The molecule has 0 aliphatic heterocycles. The number of aryl methyl sites for hydroxylation is 2. The molecule has 2 rings (SSSR count). The molecular weight excluding hydrogens is 266 g/mol. The monoisotopic (exact) mass is 287 g/mol. The van der Waals surface area contributed by atoms with Crippen LogP contribution in [0.1, 0.15) is 36.3 Å². The summed E-state index contributed by atoms with van der Waals surface area (Å²) >= 11 is 0. The fourth-order valence-electron chi connectivity index (χ4n) is 2.06. The van der Waals surface area contributed by atoms with Gasteiger partial charge in [0.25, 0.3) is 5.91 Å². The number of hydrogen-bond acceptors (Lipinski definition) is 4. The largest absolute Gasteiger partial charge is 0.369 e. The van der Waals surface area contributed by atoms with Crippen molar-refractivity contribution in [2.45, 2.75) is 26.7 Å². The summed E-state index contributed by atoms with van der Waals surface area (Å²) in [5.41, 5.74) is 2.16. The minimum atomic E-state index is -0.176. The van der Waals surface area contributed by atoms with Crippen LogP contribution in [0.15, 0.2) is 24.5 Å². The zero-order valence-corrected chi connectivity index (χ0v) is 12.7. The fraction of sp³-hybridized carbons (Fsp3) is 0.400. The topological polar surface area (TPSA) is 71.8 Å². The van der Waals surface area contributed by atoms with Crippen LogP contribution >= 0.6 is 0 Å². The van der Waals surface area contributed by atoms with Crippen molar-refractivity contribution in [3.8, 4) is 0 Å². The van der Waals surface area contributed by atoms with Crippen LogP contribution in [0.5, 0.6) is 0 Å². The van der Waals surface area contributed by atoms with Gasteiger partial charge in [-0.25, -0.2) is 4.98 Å². The van der Waals surface area contributed by atoms with Gasteiger partial charge in [0.2, 0.25) is 0 Å². The maximum atomic E-state index is 12.4. The molecule has 1 amide bonds. The molecule has 0 radical (unpaired) electrons. The Balaban J connectivity index is 2.20. The van der Waals surface area contributed by atoms with Gasteiger partial charge in [0.1, 0.15) is 5.82 Å². The Labute approximate surface area is 124 Å². The summed E-state index contributed by atoms with van der Waals surface area (Å²) in [5, 5.41) is 10.4. The molecule has 0 atom stereocenters. The van der Waals surface area contributed by atoms with E-state index in [9.17, 15) is 4.79 Å². The third-order valence-corrected chi connectivity index (χ3v) is 3.08. The highest BCUT2D eigenvalue weighted by atomic mass is 16.1. The molecule has 0 bridgehead atoms. The summed E-state index contributed by atoms with van der Waals surface area (Å²) in [5.74, 6) is 0.434. The zero-order chi connectivity index (χ0) is 15.2. The number of rotatable bonds is 6. The quantitative estimate of drug-likeness (QED) is 0.856. The van der Waals surface area contributed by atoms with Gasteiger partial charge in [-0.05, 0) is 25.0 Å². The number of carbonyl (C=O) groups excluding carboxylic acids is 1. The van der Waals surface area contributed by atoms with Crippen molar-refractivity contribution in [3.05, 3.63) is 35.8 Å². The van der Waals surface area contributed by atoms with Gasteiger partial charge in [-0.3, -0.25) is 9.48 Å². The molecule has 2 aromatic heterocycles. The van der Waals surface area contributed by atoms with E-state index in [1.54, 1.807) is 23.0 Å². The zero-order valence-electron chi connectivity index (χ0n) is 12.7. The van der Waals surface area contributed by atoms with Crippen molar-refractivity contribution in [2.75, 3.05) is 17.2 Å². The summed E-state index contributed by atoms with van der Waals surface area (Å²) in [7, 11) is 1.84. The first kappa shape index (κ1) is 15.0. The molecule has 2 heterocycles. The Hall–Kier alpha value is -2.37. The van der Waals surface area contributed by atoms with Crippen LogP contribution < -0.4 is 10.6 Å². The van der Waals surface area contributed by atoms with E-state index < -0.39 is 0 Å². The predicted molar refractivity (Wildman–Crippen MR) is 83.6 cm³/mol. The summed E-state index contributed by atoms with van der Waals surface area (Å²) < 4.78 is 1.70. The molecule has 21 heavy (non-hydrogen) atoms. The highest BCUT2D eigenvalue weighted by molar-refractivity contribution is 6.07. The smallest absolute Gasteiger partial charge is 0.259 e. The second-order valence-corrected chi connectivity index (χ2v) is 4.80. The molecule has 0 spiro atoms. The number of anilines is 2. The van der Waals surface area contributed by atoms with E-state index in [4.69, 9.17) is 0 Å². The highest BCUT2D eigenvalue weighted by Gasteiger charge is 2.15. The maximum absolute atomic E-state index is 12.4. The van der Waals surface area contributed by atoms with Gasteiger partial charge >= 0.3 is 0 Å². The van der Waals surface area contributed by atoms with Crippen molar-refractivity contribution >= 4 is 17.4 Å². The molecule has 2 aromatic rings. The molecule has 0 fully saturated rings. The molecule has 0 aliphatic carbocycles. The van der Waals surface area contributed by atoms with Gasteiger partial charge in [-0.1, -0.05) is 13.8 Å². The lowest BCUT2D eigenvalue weighted by atomic mass is 10.2. The third kappa shape index (κ3) is 3.59. The predicted octanol–water partition coefficient (Wildman–Crippen LogP) is 2.45. The van der Waals surface area contributed by atoms with Gasteiger partial charge in [-0.15, -0.1) is 0 Å². The summed E-state index contributed by atoms with van der Waals surface area (Å²) in [6.45, 7) is 4.86. The van der Waals surface area contributed by atoms with Crippen LogP contribution in [0.2, 0.25) is 0 Å². The Morgan fingerprint density at radius 1 is 1.38 bits per heavy atom. The van der Waals surface area contributed by atoms with Crippen LogP contribution in [0, 0.1) is 0 Å². The molecule has 112 valence electrons. The van der Waals surface area contributed by atoms with Crippen molar-refractivity contribution in [1.29, 1.82) is 0 Å². The number of nitrogens with one attached hydrogen (secondary N) is 2. The molecule has 6 heteroatoms. The third-order valence-electron chi connectivity index (χ3n) is 3.08. The maximum Gasteiger partial charge on any atom is 0.259 e. The number of nitrogens with zero attached hydrogens (tertiary/aromatic N) is 3. The van der Waals surface area contributed by atoms with Crippen LogP contribution in [0.3, 0.4) is 0 Å². The Morgan fingerprint density at radius 3 is 2.90 bits per heavy atom. The lowest BCUT2D eigenvalue weighted by Crippen LogP contribution is -2.16. The number of aromatic nitrogens is 3. The summed E-state index contributed by atoms with van der Waals surface area (Å²) in [6.07, 6.45) is 5.23. The van der Waals surface area contributed by atoms with Crippen LogP contribution in [0.25, 0.3) is 0 Å². The molecular formula is C15H21N5O. The van der Waals surface area contributed by atoms with Crippen molar-refractivity contribution in [3.63, 3.8) is 0 Å². The van der Waals surface area contributed by atoms with Gasteiger partial charge in [0.15, 0.2) is 0 Å². The highest BCUT2D eigenvalue weighted by Crippen LogP contribution is 2.18. The Kier molecular flexibility index (Phi) is 4.92. The Bertz CT molecular complexity index is 620. The lowest BCUT2D eigenvalue weighted by Gasteiger charge is -2.10. The second-order valence-electron chi connectivity index (χ2n) is 4.80. The number of pyridine rings is 1. The van der Waals surface area contributed by atoms with Crippen LogP contribution in [0.4, 0.5) is 11.5 Å². The molecule has 0 unspecified atom stereocenters. The minimum Gasteiger partial charge on any atom is -0.369 e. The summed E-state index contributed by atoms with van der Waals surface area (Å²) in [4.78, 5) is 16.7. The van der Waals surface area contributed by atoms with E-state index in [-0.39, 0.29) is 5.91 Å². The van der Waals surface area contributed by atoms with E-state index in [0.717, 1.165) is 30.8 Å². The Morgan fingerprint density at radius 2 is 2.19 bits per heavy atom. The summed E-state index contributed by atoms with van der Waals surface area (Å²) in [6, 6.07) is 3.53. The van der Waals surface area contributed by atoms with Crippen molar-refractivity contribution < 1.29 is 4.79 Å². The average Bonchev–Trinajstić information content (AvgIpc) is 2.85. The first-order valence-corrected chi connectivity index (χ1v) is 7.18. The van der Waals surface area contributed by atoms with Crippen LogP contribution in [-0.4, -0.2) is 27.2 Å². The molecule has 6 nitrogen and oxygen atoms in total. The first-order valence-electron chi connectivity index (χ1n) is 7.18. The standard InChI is InChI=1S/C15H21N5O/c1-4-8-16-14-11(7-6-9-17-14)15(21)18-13-10-20(3)19-12(13)5-2/h6-7,9-10H,4-5,8H2,1-3H3,(H,16,17)(H,18,21). The van der Waals surface area contributed by atoms with Gasteiger partial charge in [0.05, 0.1) is 16.9 Å². The number of amides is 1. The molecule has 2 N–H and O–H groups in total. The second kappa shape index (κ2) is 6.88. The van der Waals surface area contributed by atoms with E-state index in [1.807, 2.05) is 20.2 Å². The SMILES string of the molecule is CCCNc1ncccc1C(=O)Nc1cn(C)nc1CC. The lowest BCUT2D eigenvalue weighted by molar-refractivity contribution is 0.102.